The molecule has 0 fully saturated rings. The summed E-state index contributed by atoms with van der Waals surface area (Å²) in [6.45, 7) is -2.03. The lowest BCUT2D eigenvalue weighted by atomic mass is 10.1. The maximum absolute atomic E-state index is 12.6. The average molecular weight is 437 g/mol. The lowest BCUT2D eigenvalue weighted by Crippen LogP contribution is -2.23. The monoisotopic (exact) mass is 437 g/mol. The molecule has 0 radical (unpaired) electrons. The number of carbonyl (C=O) groups excluding carboxylic acids is 1. The van der Waals surface area contributed by atoms with Crippen molar-refractivity contribution in [2.75, 3.05) is 7.11 Å². The Labute approximate surface area is 183 Å². The van der Waals surface area contributed by atoms with E-state index in [4.69, 9.17) is 4.74 Å². The van der Waals surface area contributed by atoms with Crippen LogP contribution in [0.2, 0.25) is 0 Å². The number of methoxy groups -OCH3 is 1. The molecule has 0 spiro atoms. The zero-order valence-electron chi connectivity index (χ0n) is 17.3. The van der Waals surface area contributed by atoms with Crippen LogP contribution in [-0.2, 0) is 13.1 Å². The van der Waals surface area contributed by atoms with Crippen LogP contribution in [0.4, 0.5) is 8.78 Å². The fraction of sp³-hybridized carbons (Fsp3) is 0.167. The third kappa shape index (κ3) is 4.85. The van der Waals surface area contributed by atoms with Crippen LogP contribution in [0.25, 0.3) is 11.0 Å². The molecule has 0 bridgehead atoms. The molecule has 0 unspecified atom stereocenters. The Bertz CT molecular complexity index is 1220. The molecule has 4 rings (SSSR count). The van der Waals surface area contributed by atoms with Gasteiger partial charge in [-0.25, -0.2) is 4.98 Å². The third-order valence-corrected chi connectivity index (χ3v) is 5.00. The molecule has 0 aliphatic rings. The number of rotatable bonds is 8. The van der Waals surface area contributed by atoms with Gasteiger partial charge in [-0.2, -0.15) is 8.78 Å². The Kier molecular flexibility index (Phi) is 6.30. The number of hydrogen-bond acceptors (Lipinski definition) is 4. The summed E-state index contributed by atoms with van der Waals surface area (Å²) in [6, 6.07) is 20.0. The number of benzene rings is 3. The van der Waals surface area contributed by atoms with Crippen molar-refractivity contribution in [1.82, 2.24) is 14.9 Å². The smallest absolute Gasteiger partial charge is 0.387 e. The highest BCUT2D eigenvalue weighted by atomic mass is 19.3. The summed E-state index contributed by atoms with van der Waals surface area (Å²) in [5.74, 6) is -0.463. The molecule has 6 nitrogen and oxygen atoms in total. The Balaban J connectivity index is 1.38. The fourth-order valence-corrected chi connectivity index (χ4v) is 3.39. The SMILES string of the molecule is COc1ccc(C(=O)NCc2ccc(Cn3cnc4ccccc43)cc2)cc1OC(F)F. The Morgan fingerprint density at radius 1 is 1.03 bits per heavy atom. The van der Waals surface area contributed by atoms with E-state index in [0.717, 1.165) is 22.2 Å². The van der Waals surface area contributed by atoms with Crippen molar-refractivity contribution in [3.8, 4) is 11.5 Å². The number of carbonyl (C=O) groups is 1. The van der Waals surface area contributed by atoms with Crippen molar-refractivity contribution in [1.29, 1.82) is 0 Å². The number of nitrogens with zero attached hydrogens (tertiary/aromatic N) is 2. The van der Waals surface area contributed by atoms with Crippen LogP contribution in [0, 0.1) is 0 Å². The molecule has 1 N–H and O–H groups in total. The molecule has 1 heterocycles. The maximum Gasteiger partial charge on any atom is 0.387 e. The number of halogens is 2. The molecule has 1 aromatic heterocycles. The van der Waals surface area contributed by atoms with Crippen molar-refractivity contribution in [2.24, 2.45) is 0 Å². The van der Waals surface area contributed by atoms with Crippen molar-refractivity contribution < 1.29 is 23.0 Å². The van der Waals surface area contributed by atoms with Crippen LogP contribution in [0.15, 0.2) is 73.1 Å². The highest BCUT2D eigenvalue weighted by Gasteiger charge is 2.14. The van der Waals surface area contributed by atoms with Gasteiger partial charge in [-0.15, -0.1) is 0 Å². The van der Waals surface area contributed by atoms with E-state index in [9.17, 15) is 13.6 Å². The zero-order chi connectivity index (χ0) is 22.5. The molecule has 1 amide bonds. The Hall–Kier alpha value is -3.94. The minimum Gasteiger partial charge on any atom is -0.493 e. The number of ether oxygens (including phenoxy) is 2. The molecule has 4 aromatic rings. The van der Waals surface area contributed by atoms with Crippen LogP contribution in [0.3, 0.4) is 0 Å². The molecule has 0 aliphatic heterocycles. The number of aromatic nitrogens is 2. The summed E-state index contributed by atoms with van der Waals surface area (Å²) < 4.78 is 36.7. The minimum absolute atomic E-state index is 0.128. The van der Waals surface area contributed by atoms with E-state index in [2.05, 4.69) is 19.6 Å². The highest BCUT2D eigenvalue weighted by molar-refractivity contribution is 5.94. The summed E-state index contributed by atoms with van der Waals surface area (Å²) in [5.41, 5.74) is 4.23. The van der Waals surface area contributed by atoms with Crippen LogP contribution < -0.4 is 14.8 Å². The topological polar surface area (TPSA) is 65.4 Å². The molecular weight excluding hydrogens is 416 g/mol. The Morgan fingerprint density at radius 2 is 1.78 bits per heavy atom. The normalized spacial score (nSPS) is 11.0. The first-order chi connectivity index (χ1) is 15.5. The Morgan fingerprint density at radius 3 is 2.53 bits per heavy atom. The number of fused-ring (bicyclic) bond motifs is 1. The second-order valence-electron chi connectivity index (χ2n) is 7.10. The van der Waals surface area contributed by atoms with E-state index in [1.165, 1.54) is 25.3 Å². The summed E-state index contributed by atoms with van der Waals surface area (Å²) >= 11 is 0. The van der Waals surface area contributed by atoms with Crippen molar-refractivity contribution in [3.63, 3.8) is 0 Å². The van der Waals surface area contributed by atoms with E-state index < -0.39 is 12.5 Å². The van der Waals surface area contributed by atoms with Gasteiger partial charge in [0.1, 0.15) is 0 Å². The van der Waals surface area contributed by atoms with Crippen molar-refractivity contribution in [2.45, 2.75) is 19.7 Å². The van der Waals surface area contributed by atoms with Crippen molar-refractivity contribution >= 4 is 16.9 Å². The average Bonchev–Trinajstić information content (AvgIpc) is 3.21. The van der Waals surface area contributed by atoms with Gasteiger partial charge in [-0.05, 0) is 41.5 Å². The molecule has 8 heteroatoms. The molecular formula is C24H21F2N3O3. The number of hydrogen-bond donors (Lipinski definition) is 1. The summed E-state index contributed by atoms with van der Waals surface area (Å²) in [7, 11) is 1.34. The van der Waals surface area contributed by atoms with E-state index >= 15 is 0 Å². The summed E-state index contributed by atoms with van der Waals surface area (Å²) in [5, 5.41) is 2.78. The number of alkyl halides is 2. The number of nitrogens with one attached hydrogen (secondary N) is 1. The van der Waals surface area contributed by atoms with E-state index in [1.54, 1.807) is 0 Å². The van der Waals surface area contributed by atoms with E-state index in [-0.39, 0.29) is 17.1 Å². The molecule has 3 aromatic carbocycles. The van der Waals surface area contributed by atoms with Gasteiger partial charge in [0.2, 0.25) is 0 Å². The van der Waals surface area contributed by atoms with Crippen LogP contribution >= 0.6 is 0 Å². The zero-order valence-corrected chi connectivity index (χ0v) is 17.3. The van der Waals surface area contributed by atoms with E-state index in [1.807, 2.05) is 54.9 Å². The first-order valence-corrected chi connectivity index (χ1v) is 9.92. The van der Waals surface area contributed by atoms with Crippen molar-refractivity contribution in [3.05, 3.63) is 89.7 Å². The highest BCUT2D eigenvalue weighted by Crippen LogP contribution is 2.29. The second kappa shape index (κ2) is 9.47. The molecule has 164 valence electrons. The first kappa shape index (κ1) is 21.3. The standard InChI is InChI=1S/C24H21F2N3O3/c1-31-21-11-10-18(12-22(21)32-24(25)26)23(30)27-13-16-6-8-17(9-7-16)14-29-15-28-19-4-2-3-5-20(19)29/h2-12,15,24H,13-14H2,1H3,(H,27,30). The van der Waals surface area contributed by atoms with Gasteiger partial charge in [-0.1, -0.05) is 36.4 Å². The molecule has 0 aliphatic carbocycles. The largest absolute Gasteiger partial charge is 0.493 e. The van der Waals surface area contributed by atoms with Gasteiger partial charge in [0, 0.05) is 18.7 Å². The van der Waals surface area contributed by atoms with Gasteiger partial charge >= 0.3 is 6.61 Å². The summed E-state index contributed by atoms with van der Waals surface area (Å²) in [6.07, 6.45) is 1.82. The molecule has 0 saturated heterocycles. The molecule has 0 atom stereocenters. The minimum atomic E-state index is -3.01. The predicted octanol–water partition coefficient (Wildman–Crippen LogP) is 4.62. The van der Waals surface area contributed by atoms with Gasteiger partial charge in [0.25, 0.3) is 5.91 Å². The first-order valence-electron chi connectivity index (χ1n) is 9.92. The van der Waals surface area contributed by atoms with Crippen LogP contribution in [-0.4, -0.2) is 29.2 Å². The van der Waals surface area contributed by atoms with Crippen LogP contribution in [0.1, 0.15) is 21.5 Å². The third-order valence-electron chi connectivity index (χ3n) is 5.00. The lowest BCUT2D eigenvalue weighted by Gasteiger charge is -2.12. The summed E-state index contributed by atoms with van der Waals surface area (Å²) in [4.78, 5) is 16.9. The van der Waals surface area contributed by atoms with Gasteiger partial charge in [0.05, 0.1) is 24.5 Å². The van der Waals surface area contributed by atoms with Gasteiger partial charge in [0.15, 0.2) is 11.5 Å². The second-order valence-corrected chi connectivity index (χ2v) is 7.10. The van der Waals surface area contributed by atoms with E-state index in [0.29, 0.717) is 13.1 Å². The molecule has 0 saturated carbocycles. The van der Waals surface area contributed by atoms with Gasteiger partial charge in [-0.3, -0.25) is 4.79 Å². The predicted molar refractivity (Wildman–Crippen MR) is 116 cm³/mol. The van der Waals surface area contributed by atoms with Gasteiger partial charge < -0.3 is 19.4 Å². The number of para-hydroxylation sites is 2. The fourth-order valence-electron chi connectivity index (χ4n) is 3.39. The lowest BCUT2D eigenvalue weighted by molar-refractivity contribution is -0.0512. The number of amides is 1. The van der Waals surface area contributed by atoms with Crippen LogP contribution in [0.5, 0.6) is 11.5 Å². The quantitative estimate of drug-likeness (QED) is 0.437. The molecule has 32 heavy (non-hydrogen) atoms. The maximum atomic E-state index is 12.6. The number of imidazole rings is 1.